The number of aliphatic imine (C=N–C) groups is 1. The maximum atomic E-state index is 12.6. The molecule has 1 aliphatic heterocycles. The van der Waals surface area contributed by atoms with E-state index in [9.17, 15) is 18.0 Å². The molecule has 1 aliphatic rings. The summed E-state index contributed by atoms with van der Waals surface area (Å²) in [5, 5.41) is 7.25. The smallest absolute Gasteiger partial charge is 0.347 e. The molecule has 0 unspecified atom stereocenters. The summed E-state index contributed by atoms with van der Waals surface area (Å²) in [5.41, 5.74) is 1.09. The summed E-state index contributed by atoms with van der Waals surface area (Å²) < 4.78 is 39.5. The van der Waals surface area contributed by atoms with Gasteiger partial charge in [0.05, 0.1) is 24.1 Å². The van der Waals surface area contributed by atoms with Crippen molar-refractivity contribution in [1.29, 1.82) is 0 Å². The first-order valence-electron chi connectivity index (χ1n) is 7.98. The summed E-state index contributed by atoms with van der Waals surface area (Å²) in [7, 11) is 0. The van der Waals surface area contributed by atoms with E-state index in [0.29, 0.717) is 17.9 Å². The first-order valence-corrected chi connectivity index (χ1v) is 7.98. The number of alkyl halides is 3. The van der Waals surface area contributed by atoms with Gasteiger partial charge in [-0.3, -0.25) is 4.79 Å². The molecule has 0 spiro atoms. The minimum absolute atomic E-state index is 0.203. The minimum atomic E-state index is -4.38. The molecule has 0 aliphatic carbocycles. The Balaban J connectivity index is 1.56. The Bertz CT molecular complexity index is 1030. The minimum Gasteiger partial charge on any atom is -0.347 e. The molecule has 0 atom stereocenters. The van der Waals surface area contributed by atoms with Crippen LogP contribution in [0.2, 0.25) is 0 Å². The zero-order chi connectivity index (χ0) is 19.0. The number of halogens is 3. The van der Waals surface area contributed by atoms with E-state index in [1.165, 1.54) is 18.5 Å². The maximum absolute atomic E-state index is 12.6. The number of carbonyl (C=O) groups is 1. The fraction of sp³-hybridized carbons (Fsp3) is 0.176. The predicted molar refractivity (Wildman–Crippen MR) is 91.6 cm³/mol. The quantitative estimate of drug-likeness (QED) is 0.760. The first kappa shape index (κ1) is 17.0. The summed E-state index contributed by atoms with van der Waals surface area (Å²) in [4.78, 5) is 21.0. The molecule has 27 heavy (non-hydrogen) atoms. The number of nitrogens with zero attached hydrogens (tertiary/aromatic N) is 5. The lowest BCUT2D eigenvalue weighted by molar-refractivity contribution is -0.137. The second-order valence-electron chi connectivity index (χ2n) is 5.97. The Morgan fingerprint density at radius 3 is 2.56 bits per heavy atom. The molecule has 3 heterocycles. The van der Waals surface area contributed by atoms with E-state index in [4.69, 9.17) is 0 Å². The highest BCUT2D eigenvalue weighted by Gasteiger charge is 2.30. The molecular formula is C17H13F3N6O. The van der Waals surface area contributed by atoms with E-state index in [-0.39, 0.29) is 18.4 Å². The number of anilines is 2. The molecule has 4 rings (SSSR count). The maximum Gasteiger partial charge on any atom is 0.416 e. The number of hydrogen-bond acceptors (Lipinski definition) is 5. The number of amides is 1. The van der Waals surface area contributed by atoms with E-state index in [1.807, 2.05) is 12.1 Å². The molecule has 0 radical (unpaired) electrons. The van der Waals surface area contributed by atoms with Crippen molar-refractivity contribution >= 4 is 29.5 Å². The van der Waals surface area contributed by atoms with Crippen LogP contribution in [0.5, 0.6) is 0 Å². The third-order valence-corrected chi connectivity index (χ3v) is 3.97. The molecule has 0 saturated carbocycles. The van der Waals surface area contributed by atoms with Crippen molar-refractivity contribution in [3.05, 3.63) is 53.7 Å². The molecule has 1 N–H and O–H groups in total. The average Bonchev–Trinajstić information content (AvgIpc) is 3.21. The molecule has 1 amide bonds. The van der Waals surface area contributed by atoms with Crippen molar-refractivity contribution in [2.75, 3.05) is 11.9 Å². The summed E-state index contributed by atoms with van der Waals surface area (Å²) in [6.07, 6.45) is -2.89. The van der Waals surface area contributed by atoms with Crippen LogP contribution in [0, 0.1) is 0 Å². The summed E-state index contributed by atoms with van der Waals surface area (Å²) in [6.45, 7) is 0.636. The number of nitrogens with one attached hydrogen (secondary N) is 1. The van der Waals surface area contributed by atoms with Gasteiger partial charge < -0.3 is 10.2 Å². The number of hydrogen-bond donors (Lipinski definition) is 1. The van der Waals surface area contributed by atoms with Crippen molar-refractivity contribution in [3.63, 3.8) is 0 Å². The van der Waals surface area contributed by atoms with Crippen LogP contribution < -0.4 is 5.32 Å². The van der Waals surface area contributed by atoms with Crippen LogP contribution in [-0.2, 0) is 17.5 Å². The van der Waals surface area contributed by atoms with E-state index in [2.05, 4.69) is 20.4 Å². The van der Waals surface area contributed by atoms with E-state index < -0.39 is 11.7 Å². The second kappa shape index (κ2) is 6.38. The Hall–Kier alpha value is -3.43. The average molecular weight is 374 g/mol. The zero-order valence-electron chi connectivity index (χ0n) is 13.8. The van der Waals surface area contributed by atoms with Gasteiger partial charge in [0.15, 0.2) is 5.65 Å². The Labute approximate surface area is 151 Å². The molecule has 0 bridgehead atoms. The molecular weight excluding hydrogens is 361 g/mol. The largest absolute Gasteiger partial charge is 0.416 e. The van der Waals surface area contributed by atoms with Gasteiger partial charge in [-0.2, -0.15) is 18.2 Å². The van der Waals surface area contributed by atoms with Crippen LogP contribution >= 0.6 is 0 Å². The Kier molecular flexibility index (Phi) is 4.02. The highest BCUT2D eigenvalue weighted by Crippen LogP contribution is 2.30. The van der Waals surface area contributed by atoms with Crippen LogP contribution in [0.3, 0.4) is 0 Å². The lowest BCUT2D eigenvalue weighted by Gasteiger charge is -2.13. The van der Waals surface area contributed by atoms with Crippen LogP contribution in [-0.4, -0.2) is 38.3 Å². The predicted octanol–water partition coefficient (Wildman–Crippen LogP) is 2.86. The van der Waals surface area contributed by atoms with E-state index in [1.54, 1.807) is 15.5 Å². The first-order chi connectivity index (χ1) is 12.9. The van der Waals surface area contributed by atoms with Crippen LogP contribution in [0.15, 0.2) is 47.5 Å². The fourth-order valence-electron chi connectivity index (χ4n) is 2.71. The highest BCUT2D eigenvalue weighted by molar-refractivity contribution is 5.91. The third-order valence-electron chi connectivity index (χ3n) is 3.97. The van der Waals surface area contributed by atoms with Gasteiger partial charge in [0, 0.05) is 5.69 Å². The van der Waals surface area contributed by atoms with Crippen molar-refractivity contribution in [2.24, 2.45) is 4.99 Å². The monoisotopic (exact) mass is 374 g/mol. The SMILES string of the molecule is O=C1CN(Cc2cccc3nc(Nc4ccc(C(F)(F)F)cc4)nn23)C=N1. The van der Waals surface area contributed by atoms with Crippen LogP contribution in [0.4, 0.5) is 24.8 Å². The lowest BCUT2D eigenvalue weighted by atomic mass is 10.2. The van der Waals surface area contributed by atoms with Crippen LogP contribution in [0.25, 0.3) is 5.65 Å². The Morgan fingerprint density at radius 1 is 1.11 bits per heavy atom. The van der Waals surface area contributed by atoms with Gasteiger partial charge in [0.25, 0.3) is 5.91 Å². The topological polar surface area (TPSA) is 74.9 Å². The molecule has 0 saturated heterocycles. The number of aromatic nitrogens is 3. The molecule has 0 fully saturated rings. The number of carbonyl (C=O) groups excluding carboxylic acids is 1. The number of pyridine rings is 1. The van der Waals surface area contributed by atoms with E-state index >= 15 is 0 Å². The molecule has 138 valence electrons. The molecule has 7 nitrogen and oxygen atoms in total. The van der Waals surface area contributed by atoms with Gasteiger partial charge in [-0.15, -0.1) is 5.10 Å². The number of rotatable bonds is 4. The van der Waals surface area contributed by atoms with Crippen LogP contribution in [0.1, 0.15) is 11.3 Å². The highest BCUT2D eigenvalue weighted by atomic mass is 19.4. The van der Waals surface area contributed by atoms with Gasteiger partial charge in [-0.05, 0) is 36.4 Å². The van der Waals surface area contributed by atoms with Gasteiger partial charge in [-0.25, -0.2) is 9.51 Å². The van der Waals surface area contributed by atoms with Crippen molar-refractivity contribution < 1.29 is 18.0 Å². The standard InChI is InChI=1S/C17H13F3N6O/c18-17(19,20)11-4-6-12(7-5-11)22-16-23-14-3-1-2-13(26(14)24-16)8-25-9-15(27)21-10-25/h1-7,10H,8-9H2,(H,22,24). The fourth-order valence-corrected chi connectivity index (χ4v) is 2.71. The third kappa shape index (κ3) is 3.59. The summed E-state index contributed by atoms with van der Waals surface area (Å²) in [5.74, 6) is 0.0544. The Morgan fingerprint density at radius 2 is 1.89 bits per heavy atom. The molecule has 3 aromatic rings. The second-order valence-corrected chi connectivity index (χ2v) is 5.97. The molecule has 2 aromatic heterocycles. The van der Waals surface area contributed by atoms with Gasteiger partial charge in [-0.1, -0.05) is 6.07 Å². The lowest BCUT2D eigenvalue weighted by Crippen LogP contribution is -2.22. The normalized spacial score (nSPS) is 14.3. The van der Waals surface area contributed by atoms with Gasteiger partial charge in [0.2, 0.25) is 5.95 Å². The molecule has 1 aromatic carbocycles. The van der Waals surface area contributed by atoms with E-state index in [0.717, 1.165) is 17.8 Å². The summed E-state index contributed by atoms with van der Waals surface area (Å²) in [6, 6.07) is 10.1. The zero-order valence-corrected chi connectivity index (χ0v) is 13.8. The van der Waals surface area contributed by atoms with Gasteiger partial charge >= 0.3 is 6.18 Å². The van der Waals surface area contributed by atoms with Crippen molar-refractivity contribution in [3.8, 4) is 0 Å². The molecule has 10 heteroatoms. The van der Waals surface area contributed by atoms with Crippen molar-refractivity contribution in [2.45, 2.75) is 12.7 Å². The van der Waals surface area contributed by atoms with Gasteiger partial charge in [0.1, 0.15) is 6.54 Å². The van der Waals surface area contributed by atoms with Crippen molar-refractivity contribution in [1.82, 2.24) is 19.5 Å². The summed E-state index contributed by atoms with van der Waals surface area (Å²) >= 11 is 0. The number of benzene rings is 1. The number of fused-ring (bicyclic) bond motifs is 1.